The number of anilines is 2. The summed E-state index contributed by atoms with van der Waals surface area (Å²) < 4.78 is 19.1. The van der Waals surface area contributed by atoms with Gasteiger partial charge in [-0.1, -0.05) is 19.3 Å². The highest BCUT2D eigenvalue weighted by Crippen LogP contribution is 2.29. The minimum Gasteiger partial charge on any atom is -0.444 e. The molecule has 2 N–H and O–H groups in total. The smallest absolute Gasteiger partial charge is 0.412 e. The van der Waals surface area contributed by atoms with Crippen LogP contribution in [-0.2, 0) is 4.74 Å². The number of amides is 1. The second kappa shape index (κ2) is 7.86. The van der Waals surface area contributed by atoms with Crippen LogP contribution in [0.25, 0.3) is 0 Å². The van der Waals surface area contributed by atoms with Crippen LogP contribution >= 0.6 is 0 Å². The predicted molar refractivity (Wildman–Crippen MR) is 95.9 cm³/mol. The molecule has 0 saturated heterocycles. The van der Waals surface area contributed by atoms with Gasteiger partial charge in [-0.2, -0.15) is 0 Å². The summed E-state index contributed by atoms with van der Waals surface area (Å²) in [4.78, 5) is 11.8. The molecule has 1 unspecified atom stereocenters. The first-order valence-electron chi connectivity index (χ1n) is 8.81. The van der Waals surface area contributed by atoms with Crippen molar-refractivity contribution in [1.82, 2.24) is 0 Å². The van der Waals surface area contributed by atoms with E-state index in [1.807, 2.05) is 0 Å². The van der Waals surface area contributed by atoms with Gasteiger partial charge in [0.05, 0.1) is 5.69 Å². The molecule has 1 aliphatic carbocycles. The van der Waals surface area contributed by atoms with E-state index in [4.69, 9.17) is 4.74 Å². The number of halogens is 1. The van der Waals surface area contributed by atoms with E-state index in [1.165, 1.54) is 38.2 Å². The SMILES string of the molecule is CC(Nc1ccc(F)c(NC(=O)OC(C)(C)C)c1)C1CCCCC1. The molecule has 5 heteroatoms. The van der Waals surface area contributed by atoms with Gasteiger partial charge in [-0.15, -0.1) is 0 Å². The Labute approximate surface area is 144 Å². The molecule has 0 spiro atoms. The lowest BCUT2D eigenvalue weighted by Crippen LogP contribution is -2.28. The largest absolute Gasteiger partial charge is 0.444 e. The Morgan fingerprint density at radius 1 is 1.25 bits per heavy atom. The maximum Gasteiger partial charge on any atom is 0.412 e. The standard InChI is InChI=1S/C19H29FN2O2/c1-13(14-8-6-5-7-9-14)21-15-10-11-16(20)17(12-15)22-18(23)24-19(2,3)4/h10-14,21H,5-9H2,1-4H3,(H,22,23). The van der Waals surface area contributed by atoms with E-state index >= 15 is 0 Å². The van der Waals surface area contributed by atoms with Crippen LogP contribution in [0, 0.1) is 11.7 Å². The molecule has 0 bridgehead atoms. The minimum atomic E-state index is -0.654. The normalized spacial score (nSPS) is 17.2. The maximum absolute atomic E-state index is 14.0. The van der Waals surface area contributed by atoms with Crippen molar-refractivity contribution in [2.24, 2.45) is 5.92 Å². The molecule has 134 valence electrons. The Hall–Kier alpha value is -1.78. The molecule has 1 atom stereocenters. The van der Waals surface area contributed by atoms with Crippen molar-refractivity contribution in [3.05, 3.63) is 24.0 Å². The second-order valence-corrected chi connectivity index (χ2v) is 7.65. The number of carbonyl (C=O) groups excluding carboxylic acids is 1. The lowest BCUT2D eigenvalue weighted by Gasteiger charge is -2.29. The molecule has 0 aliphatic heterocycles. The van der Waals surface area contributed by atoms with Gasteiger partial charge < -0.3 is 10.1 Å². The Morgan fingerprint density at radius 3 is 2.54 bits per heavy atom. The van der Waals surface area contributed by atoms with Crippen molar-refractivity contribution in [2.45, 2.75) is 71.4 Å². The van der Waals surface area contributed by atoms with Crippen molar-refractivity contribution >= 4 is 17.5 Å². The summed E-state index contributed by atoms with van der Waals surface area (Å²) >= 11 is 0. The van der Waals surface area contributed by atoms with Gasteiger partial charge in [0.1, 0.15) is 11.4 Å². The topological polar surface area (TPSA) is 50.4 Å². The van der Waals surface area contributed by atoms with E-state index in [1.54, 1.807) is 32.9 Å². The van der Waals surface area contributed by atoms with Gasteiger partial charge in [0.15, 0.2) is 0 Å². The fourth-order valence-electron chi connectivity index (χ4n) is 3.14. The Balaban J connectivity index is 2.00. The zero-order chi connectivity index (χ0) is 17.7. The van der Waals surface area contributed by atoms with Gasteiger partial charge in [0.25, 0.3) is 0 Å². The van der Waals surface area contributed by atoms with Gasteiger partial charge in [-0.3, -0.25) is 5.32 Å². The number of nitrogens with one attached hydrogen (secondary N) is 2. The van der Waals surface area contributed by atoms with Crippen LogP contribution in [0.4, 0.5) is 20.6 Å². The molecule has 1 amide bonds. The van der Waals surface area contributed by atoms with Crippen LogP contribution in [0.15, 0.2) is 18.2 Å². The molecule has 0 aromatic heterocycles. The Kier molecular flexibility index (Phi) is 6.08. The molecule has 0 heterocycles. The van der Waals surface area contributed by atoms with Gasteiger partial charge in [-0.05, 0) is 64.7 Å². The molecule has 2 rings (SSSR count). The van der Waals surface area contributed by atoms with Crippen molar-refractivity contribution < 1.29 is 13.9 Å². The first-order chi connectivity index (χ1) is 11.2. The molecular formula is C19H29FN2O2. The molecule has 0 radical (unpaired) electrons. The number of hydrogen-bond acceptors (Lipinski definition) is 3. The Morgan fingerprint density at radius 2 is 1.92 bits per heavy atom. The third kappa shape index (κ3) is 5.69. The minimum absolute atomic E-state index is 0.130. The number of carbonyl (C=O) groups is 1. The highest BCUT2D eigenvalue weighted by Gasteiger charge is 2.21. The van der Waals surface area contributed by atoms with Crippen LogP contribution in [-0.4, -0.2) is 17.7 Å². The number of rotatable bonds is 4. The number of ether oxygens (including phenoxy) is 1. The lowest BCUT2D eigenvalue weighted by atomic mass is 9.84. The summed E-state index contributed by atoms with van der Waals surface area (Å²) in [6.07, 6.45) is 5.70. The maximum atomic E-state index is 14.0. The first kappa shape index (κ1) is 18.6. The van der Waals surface area contributed by atoms with E-state index in [0.29, 0.717) is 12.0 Å². The predicted octanol–water partition coefficient (Wildman–Crippen LogP) is 5.55. The average molecular weight is 336 g/mol. The fraction of sp³-hybridized carbons (Fsp3) is 0.632. The summed E-state index contributed by atoms with van der Waals surface area (Å²) in [6, 6.07) is 5.01. The molecule has 1 aromatic carbocycles. The van der Waals surface area contributed by atoms with E-state index < -0.39 is 17.5 Å². The molecule has 24 heavy (non-hydrogen) atoms. The molecule has 1 aromatic rings. The molecular weight excluding hydrogens is 307 g/mol. The van der Waals surface area contributed by atoms with E-state index in [-0.39, 0.29) is 5.69 Å². The fourth-order valence-corrected chi connectivity index (χ4v) is 3.14. The van der Waals surface area contributed by atoms with Crippen LogP contribution in [0.1, 0.15) is 59.8 Å². The molecule has 4 nitrogen and oxygen atoms in total. The lowest BCUT2D eigenvalue weighted by molar-refractivity contribution is 0.0635. The van der Waals surface area contributed by atoms with Crippen molar-refractivity contribution in [3.63, 3.8) is 0 Å². The quantitative estimate of drug-likeness (QED) is 0.757. The summed E-state index contributed by atoms with van der Waals surface area (Å²) in [7, 11) is 0. The Bertz CT molecular complexity index is 563. The third-order valence-corrected chi connectivity index (χ3v) is 4.35. The third-order valence-electron chi connectivity index (χ3n) is 4.35. The zero-order valence-electron chi connectivity index (χ0n) is 15.1. The highest BCUT2D eigenvalue weighted by molar-refractivity contribution is 5.85. The van der Waals surface area contributed by atoms with Gasteiger partial charge in [-0.25, -0.2) is 9.18 Å². The average Bonchev–Trinajstić information content (AvgIpc) is 2.49. The second-order valence-electron chi connectivity index (χ2n) is 7.65. The van der Waals surface area contributed by atoms with Crippen LogP contribution in [0.2, 0.25) is 0 Å². The van der Waals surface area contributed by atoms with E-state index in [9.17, 15) is 9.18 Å². The monoisotopic (exact) mass is 336 g/mol. The van der Waals surface area contributed by atoms with Crippen molar-refractivity contribution in [1.29, 1.82) is 0 Å². The van der Waals surface area contributed by atoms with Gasteiger partial charge in [0.2, 0.25) is 0 Å². The zero-order valence-corrected chi connectivity index (χ0v) is 15.1. The number of benzene rings is 1. The summed E-state index contributed by atoms with van der Waals surface area (Å²) in [5.41, 5.74) is 0.317. The van der Waals surface area contributed by atoms with Gasteiger partial charge in [0, 0.05) is 11.7 Å². The summed E-state index contributed by atoms with van der Waals surface area (Å²) in [5.74, 6) is 0.169. The molecule has 1 aliphatic rings. The van der Waals surface area contributed by atoms with Crippen molar-refractivity contribution in [3.8, 4) is 0 Å². The van der Waals surface area contributed by atoms with Crippen LogP contribution in [0.3, 0.4) is 0 Å². The van der Waals surface area contributed by atoms with E-state index in [0.717, 1.165) is 5.69 Å². The summed E-state index contributed by atoms with van der Waals surface area (Å²) in [5, 5.41) is 5.93. The van der Waals surface area contributed by atoms with Crippen LogP contribution in [0.5, 0.6) is 0 Å². The van der Waals surface area contributed by atoms with Crippen LogP contribution < -0.4 is 10.6 Å². The van der Waals surface area contributed by atoms with Gasteiger partial charge >= 0.3 is 6.09 Å². The summed E-state index contributed by atoms with van der Waals surface area (Å²) in [6.45, 7) is 7.48. The highest BCUT2D eigenvalue weighted by atomic mass is 19.1. The van der Waals surface area contributed by atoms with Crippen molar-refractivity contribution in [2.75, 3.05) is 10.6 Å². The molecule has 1 fully saturated rings. The van der Waals surface area contributed by atoms with E-state index in [2.05, 4.69) is 17.6 Å². The number of hydrogen-bond donors (Lipinski definition) is 2. The first-order valence-corrected chi connectivity index (χ1v) is 8.81. The molecule has 1 saturated carbocycles.